The lowest BCUT2D eigenvalue weighted by Gasteiger charge is -2.24. The third-order valence-corrected chi connectivity index (χ3v) is 3.42. The van der Waals surface area contributed by atoms with Crippen LogP contribution in [0, 0.1) is 0 Å². The molecule has 3 heteroatoms. The summed E-state index contributed by atoms with van der Waals surface area (Å²) in [5, 5.41) is 14.5. The molecule has 17 heavy (non-hydrogen) atoms. The topological polar surface area (TPSA) is 45.2 Å². The second-order valence-electron chi connectivity index (χ2n) is 4.60. The molecule has 2 heterocycles. The quantitative estimate of drug-likeness (QED) is 0.789. The SMILES string of the molecule is Oc1nc2ccccc2cc1C1CCCCN1. The first-order valence-corrected chi connectivity index (χ1v) is 6.16. The molecule has 0 saturated carbocycles. The van der Waals surface area contributed by atoms with Crippen LogP contribution in [0.4, 0.5) is 0 Å². The molecule has 0 aliphatic carbocycles. The zero-order valence-electron chi connectivity index (χ0n) is 9.69. The van der Waals surface area contributed by atoms with Gasteiger partial charge in [-0.25, -0.2) is 4.98 Å². The van der Waals surface area contributed by atoms with Gasteiger partial charge in [0.05, 0.1) is 5.52 Å². The van der Waals surface area contributed by atoms with Gasteiger partial charge in [-0.2, -0.15) is 0 Å². The van der Waals surface area contributed by atoms with E-state index in [0.717, 1.165) is 29.4 Å². The molecule has 1 aromatic carbocycles. The van der Waals surface area contributed by atoms with E-state index in [0.29, 0.717) is 0 Å². The number of aromatic hydroxyl groups is 1. The number of hydrogen-bond donors (Lipinski definition) is 2. The van der Waals surface area contributed by atoms with Crippen LogP contribution < -0.4 is 5.32 Å². The summed E-state index contributed by atoms with van der Waals surface area (Å²) in [5.41, 5.74) is 1.79. The van der Waals surface area contributed by atoms with E-state index in [9.17, 15) is 5.11 Å². The standard InChI is InChI=1S/C14H16N2O/c17-14-11(13-7-3-4-8-15-13)9-10-5-1-2-6-12(10)16-14/h1-2,5-6,9,13,15H,3-4,7-8H2,(H,16,17). The summed E-state index contributed by atoms with van der Waals surface area (Å²) in [7, 11) is 0. The lowest BCUT2D eigenvalue weighted by Crippen LogP contribution is -2.26. The summed E-state index contributed by atoms with van der Waals surface area (Å²) >= 11 is 0. The predicted molar refractivity (Wildman–Crippen MR) is 68.0 cm³/mol. The number of nitrogens with one attached hydrogen (secondary N) is 1. The van der Waals surface area contributed by atoms with E-state index < -0.39 is 0 Å². The van der Waals surface area contributed by atoms with E-state index in [2.05, 4.69) is 16.4 Å². The Kier molecular flexibility index (Phi) is 2.69. The molecule has 2 N–H and O–H groups in total. The molecular weight excluding hydrogens is 212 g/mol. The maximum Gasteiger partial charge on any atom is 0.216 e. The van der Waals surface area contributed by atoms with Crippen molar-refractivity contribution in [1.82, 2.24) is 10.3 Å². The van der Waals surface area contributed by atoms with Crippen LogP contribution in [0.1, 0.15) is 30.9 Å². The number of para-hydroxylation sites is 1. The largest absolute Gasteiger partial charge is 0.493 e. The number of hydrogen-bond acceptors (Lipinski definition) is 3. The van der Waals surface area contributed by atoms with Gasteiger partial charge in [0.15, 0.2) is 0 Å². The lowest BCUT2D eigenvalue weighted by atomic mass is 9.97. The van der Waals surface area contributed by atoms with Crippen LogP contribution in [0.15, 0.2) is 30.3 Å². The Morgan fingerprint density at radius 1 is 1.24 bits per heavy atom. The zero-order valence-corrected chi connectivity index (χ0v) is 9.69. The predicted octanol–water partition coefficient (Wildman–Crippen LogP) is 2.75. The zero-order chi connectivity index (χ0) is 11.7. The van der Waals surface area contributed by atoms with E-state index in [1.807, 2.05) is 24.3 Å². The molecule has 1 atom stereocenters. The van der Waals surface area contributed by atoms with Gasteiger partial charge < -0.3 is 10.4 Å². The molecule has 3 nitrogen and oxygen atoms in total. The van der Waals surface area contributed by atoms with Gasteiger partial charge in [-0.15, -0.1) is 0 Å². The van der Waals surface area contributed by atoms with Gasteiger partial charge in [-0.1, -0.05) is 24.6 Å². The van der Waals surface area contributed by atoms with Gasteiger partial charge in [0, 0.05) is 17.0 Å². The summed E-state index contributed by atoms with van der Waals surface area (Å²) in [6.45, 7) is 1.02. The molecule has 1 unspecified atom stereocenters. The summed E-state index contributed by atoms with van der Waals surface area (Å²) in [4.78, 5) is 4.27. The van der Waals surface area contributed by atoms with Crippen molar-refractivity contribution >= 4 is 10.9 Å². The highest BCUT2D eigenvalue weighted by molar-refractivity contribution is 5.80. The number of fused-ring (bicyclic) bond motifs is 1. The van der Waals surface area contributed by atoms with E-state index >= 15 is 0 Å². The smallest absolute Gasteiger partial charge is 0.216 e. The van der Waals surface area contributed by atoms with Gasteiger partial charge in [-0.3, -0.25) is 0 Å². The van der Waals surface area contributed by atoms with Crippen LogP contribution in [-0.2, 0) is 0 Å². The first-order chi connectivity index (χ1) is 8.34. The highest BCUT2D eigenvalue weighted by Gasteiger charge is 2.19. The van der Waals surface area contributed by atoms with E-state index in [-0.39, 0.29) is 11.9 Å². The minimum absolute atomic E-state index is 0.170. The second-order valence-corrected chi connectivity index (χ2v) is 4.60. The van der Waals surface area contributed by atoms with Crippen molar-refractivity contribution in [2.24, 2.45) is 0 Å². The van der Waals surface area contributed by atoms with Crippen molar-refractivity contribution in [3.05, 3.63) is 35.9 Å². The number of rotatable bonds is 1. The number of nitrogens with zero attached hydrogens (tertiary/aromatic N) is 1. The molecule has 0 radical (unpaired) electrons. The second kappa shape index (κ2) is 4.34. The van der Waals surface area contributed by atoms with Crippen LogP contribution in [0.3, 0.4) is 0 Å². The number of piperidine rings is 1. The van der Waals surface area contributed by atoms with E-state index in [1.165, 1.54) is 12.8 Å². The average molecular weight is 228 g/mol. The molecular formula is C14H16N2O. The van der Waals surface area contributed by atoms with E-state index in [4.69, 9.17) is 0 Å². The summed E-state index contributed by atoms with van der Waals surface area (Å²) < 4.78 is 0. The Bertz CT molecular complexity index is 533. The third-order valence-electron chi connectivity index (χ3n) is 3.42. The van der Waals surface area contributed by atoms with Crippen molar-refractivity contribution in [3.8, 4) is 5.88 Å². The molecule has 1 aliphatic rings. The van der Waals surface area contributed by atoms with Gasteiger partial charge >= 0.3 is 0 Å². The number of aromatic nitrogens is 1. The van der Waals surface area contributed by atoms with Gasteiger partial charge in [0.1, 0.15) is 0 Å². The molecule has 2 aromatic rings. The molecule has 1 fully saturated rings. The maximum atomic E-state index is 10.0. The lowest BCUT2D eigenvalue weighted by molar-refractivity contribution is 0.384. The van der Waals surface area contributed by atoms with Crippen LogP contribution >= 0.6 is 0 Å². The van der Waals surface area contributed by atoms with Crippen molar-refractivity contribution < 1.29 is 5.11 Å². The fraction of sp³-hybridized carbons (Fsp3) is 0.357. The molecule has 0 bridgehead atoms. The van der Waals surface area contributed by atoms with Crippen LogP contribution in [0.5, 0.6) is 5.88 Å². The minimum Gasteiger partial charge on any atom is -0.493 e. The highest BCUT2D eigenvalue weighted by atomic mass is 16.3. The number of pyridine rings is 1. The van der Waals surface area contributed by atoms with Gasteiger partial charge in [0.25, 0.3) is 0 Å². The molecule has 1 aromatic heterocycles. The molecule has 0 spiro atoms. The van der Waals surface area contributed by atoms with Gasteiger partial charge in [-0.05, 0) is 31.5 Å². The fourth-order valence-corrected chi connectivity index (χ4v) is 2.50. The van der Waals surface area contributed by atoms with Gasteiger partial charge in [0.2, 0.25) is 5.88 Å². The molecule has 1 saturated heterocycles. The fourth-order valence-electron chi connectivity index (χ4n) is 2.50. The Hall–Kier alpha value is -1.61. The summed E-state index contributed by atoms with van der Waals surface area (Å²) in [6, 6.07) is 10.2. The first-order valence-electron chi connectivity index (χ1n) is 6.16. The Balaban J connectivity index is 2.06. The molecule has 88 valence electrons. The van der Waals surface area contributed by atoms with Crippen LogP contribution in [0.25, 0.3) is 10.9 Å². The summed E-state index contributed by atoms with van der Waals surface area (Å²) in [5.74, 6) is 0.170. The van der Waals surface area contributed by atoms with Crippen molar-refractivity contribution in [2.45, 2.75) is 25.3 Å². The first kappa shape index (κ1) is 10.5. The highest BCUT2D eigenvalue weighted by Crippen LogP contribution is 2.30. The third kappa shape index (κ3) is 1.98. The Morgan fingerprint density at radius 3 is 2.94 bits per heavy atom. The minimum atomic E-state index is 0.170. The van der Waals surface area contributed by atoms with Crippen LogP contribution in [-0.4, -0.2) is 16.6 Å². The Labute approximate surface area is 100 Å². The van der Waals surface area contributed by atoms with Crippen molar-refractivity contribution in [1.29, 1.82) is 0 Å². The average Bonchev–Trinajstić information content (AvgIpc) is 2.39. The van der Waals surface area contributed by atoms with Crippen molar-refractivity contribution in [3.63, 3.8) is 0 Å². The Morgan fingerprint density at radius 2 is 2.12 bits per heavy atom. The maximum absolute atomic E-state index is 10.0. The van der Waals surface area contributed by atoms with Crippen LogP contribution in [0.2, 0.25) is 0 Å². The molecule has 0 amide bonds. The van der Waals surface area contributed by atoms with Crippen molar-refractivity contribution in [2.75, 3.05) is 6.54 Å². The normalized spacial score (nSPS) is 20.6. The summed E-state index contributed by atoms with van der Waals surface area (Å²) in [6.07, 6.45) is 3.51. The molecule has 3 rings (SSSR count). The number of benzene rings is 1. The molecule has 1 aliphatic heterocycles. The monoisotopic (exact) mass is 228 g/mol. The van der Waals surface area contributed by atoms with E-state index in [1.54, 1.807) is 0 Å².